The van der Waals surface area contributed by atoms with Gasteiger partial charge in [-0.05, 0) is 36.2 Å². The number of carbonyl (C=O) groups excluding carboxylic acids is 1. The zero-order chi connectivity index (χ0) is 17.5. The molecule has 25 heavy (non-hydrogen) atoms. The minimum atomic E-state index is -0.151. The molecule has 0 atom stereocenters. The van der Waals surface area contributed by atoms with Crippen LogP contribution in [-0.4, -0.2) is 39.5 Å². The van der Waals surface area contributed by atoms with Crippen LogP contribution in [-0.2, 0) is 6.42 Å². The summed E-state index contributed by atoms with van der Waals surface area (Å²) in [6.45, 7) is 2.18. The van der Waals surface area contributed by atoms with Crippen LogP contribution in [0.5, 0.6) is 11.5 Å². The first-order chi connectivity index (χ1) is 12.2. The first-order valence-electron chi connectivity index (χ1n) is 8.39. The van der Waals surface area contributed by atoms with E-state index in [0.29, 0.717) is 13.1 Å². The van der Waals surface area contributed by atoms with Crippen LogP contribution in [0.2, 0.25) is 0 Å². The zero-order valence-electron chi connectivity index (χ0n) is 14.3. The predicted molar refractivity (Wildman–Crippen MR) is 97.4 cm³/mol. The molecule has 6 heteroatoms. The highest BCUT2D eigenvalue weighted by Crippen LogP contribution is 2.32. The van der Waals surface area contributed by atoms with Gasteiger partial charge in [0.2, 0.25) is 6.79 Å². The van der Waals surface area contributed by atoms with Crippen LogP contribution in [0.4, 0.5) is 10.5 Å². The number of para-hydroxylation sites is 1. The van der Waals surface area contributed by atoms with Crippen molar-refractivity contribution in [2.75, 3.05) is 38.4 Å². The maximum Gasteiger partial charge on any atom is 0.314 e. The predicted octanol–water partition coefficient (Wildman–Crippen LogP) is 2.39. The van der Waals surface area contributed by atoms with Crippen molar-refractivity contribution in [3.8, 4) is 11.5 Å². The van der Waals surface area contributed by atoms with E-state index in [2.05, 4.69) is 15.5 Å². The fraction of sp³-hybridized carbons (Fsp3) is 0.316. The topological polar surface area (TPSA) is 62.8 Å². The van der Waals surface area contributed by atoms with Gasteiger partial charge in [-0.25, -0.2) is 4.79 Å². The van der Waals surface area contributed by atoms with Gasteiger partial charge in [-0.15, -0.1) is 0 Å². The number of ether oxygens (including phenoxy) is 2. The van der Waals surface area contributed by atoms with Gasteiger partial charge in [0.25, 0.3) is 0 Å². The summed E-state index contributed by atoms with van der Waals surface area (Å²) < 4.78 is 10.6. The SMILES string of the molecule is CN(CCNC(=O)NCCc1ccc2c(c1)OCO2)c1ccccc1. The number of likely N-dealkylation sites (N-methyl/N-ethyl adjacent to an activating group) is 1. The van der Waals surface area contributed by atoms with Gasteiger partial charge in [0.15, 0.2) is 11.5 Å². The lowest BCUT2D eigenvalue weighted by Crippen LogP contribution is -2.40. The van der Waals surface area contributed by atoms with Gasteiger partial charge in [0.1, 0.15) is 0 Å². The van der Waals surface area contributed by atoms with Crippen molar-refractivity contribution in [3.05, 3.63) is 54.1 Å². The molecule has 1 aliphatic rings. The summed E-state index contributed by atoms with van der Waals surface area (Å²) in [4.78, 5) is 14.0. The third kappa shape index (κ3) is 4.79. The largest absolute Gasteiger partial charge is 0.454 e. The Labute approximate surface area is 147 Å². The lowest BCUT2D eigenvalue weighted by atomic mass is 10.1. The van der Waals surface area contributed by atoms with Crippen LogP contribution in [0.15, 0.2) is 48.5 Å². The van der Waals surface area contributed by atoms with Gasteiger partial charge in [-0.2, -0.15) is 0 Å². The zero-order valence-corrected chi connectivity index (χ0v) is 14.3. The third-order valence-electron chi connectivity index (χ3n) is 4.07. The maximum atomic E-state index is 11.9. The Morgan fingerprint density at radius 1 is 1.04 bits per heavy atom. The van der Waals surface area contributed by atoms with E-state index < -0.39 is 0 Å². The van der Waals surface area contributed by atoms with E-state index in [1.807, 2.05) is 55.6 Å². The van der Waals surface area contributed by atoms with Crippen LogP contribution >= 0.6 is 0 Å². The molecule has 0 bridgehead atoms. The van der Waals surface area contributed by atoms with Gasteiger partial charge in [-0.1, -0.05) is 24.3 Å². The molecule has 0 aliphatic carbocycles. The fourth-order valence-corrected chi connectivity index (χ4v) is 2.63. The average molecular weight is 341 g/mol. The highest BCUT2D eigenvalue weighted by atomic mass is 16.7. The Morgan fingerprint density at radius 3 is 2.64 bits per heavy atom. The van der Waals surface area contributed by atoms with E-state index in [1.165, 1.54) is 0 Å². The van der Waals surface area contributed by atoms with E-state index in [-0.39, 0.29) is 12.8 Å². The van der Waals surface area contributed by atoms with E-state index in [9.17, 15) is 4.79 Å². The number of urea groups is 1. The molecule has 2 aromatic carbocycles. The Kier molecular flexibility index (Phi) is 5.61. The van der Waals surface area contributed by atoms with E-state index in [4.69, 9.17) is 9.47 Å². The molecule has 6 nitrogen and oxygen atoms in total. The smallest absolute Gasteiger partial charge is 0.314 e. The number of anilines is 1. The molecule has 3 rings (SSSR count). The summed E-state index contributed by atoms with van der Waals surface area (Å²) in [5.74, 6) is 1.54. The Bertz CT molecular complexity index is 706. The average Bonchev–Trinajstić information content (AvgIpc) is 3.10. The summed E-state index contributed by atoms with van der Waals surface area (Å²) in [6.07, 6.45) is 0.744. The standard InChI is InChI=1S/C19H23N3O3/c1-22(16-5-3-2-4-6-16)12-11-21-19(23)20-10-9-15-7-8-17-18(13-15)25-14-24-17/h2-8,13H,9-12,14H2,1H3,(H2,20,21,23). The number of nitrogens with one attached hydrogen (secondary N) is 2. The van der Waals surface area contributed by atoms with E-state index in [0.717, 1.165) is 35.7 Å². The number of carbonyl (C=O) groups is 1. The molecule has 2 aromatic rings. The Morgan fingerprint density at radius 2 is 1.80 bits per heavy atom. The van der Waals surface area contributed by atoms with Crippen molar-refractivity contribution in [1.82, 2.24) is 10.6 Å². The molecule has 1 heterocycles. The molecular formula is C19H23N3O3. The van der Waals surface area contributed by atoms with Crippen LogP contribution < -0.4 is 25.0 Å². The molecule has 2 amide bonds. The second-order valence-electron chi connectivity index (χ2n) is 5.88. The van der Waals surface area contributed by atoms with Crippen molar-refractivity contribution >= 4 is 11.7 Å². The van der Waals surface area contributed by atoms with Crippen LogP contribution in [0.1, 0.15) is 5.56 Å². The summed E-state index contributed by atoms with van der Waals surface area (Å²) in [7, 11) is 2.01. The van der Waals surface area contributed by atoms with Gasteiger partial charge >= 0.3 is 6.03 Å². The number of hydrogen-bond donors (Lipinski definition) is 2. The van der Waals surface area contributed by atoms with Crippen molar-refractivity contribution in [3.63, 3.8) is 0 Å². The minimum absolute atomic E-state index is 0.151. The minimum Gasteiger partial charge on any atom is -0.454 e. The number of benzene rings is 2. The first kappa shape index (κ1) is 17.0. The van der Waals surface area contributed by atoms with E-state index >= 15 is 0 Å². The Hall–Kier alpha value is -2.89. The van der Waals surface area contributed by atoms with Crippen molar-refractivity contribution in [2.24, 2.45) is 0 Å². The van der Waals surface area contributed by atoms with Gasteiger partial charge in [-0.3, -0.25) is 0 Å². The normalized spacial score (nSPS) is 11.9. The maximum absolute atomic E-state index is 11.9. The van der Waals surface area contributed by atoms with Gasteiger partial charge in [0, 0.05) is 32.4 Å². The quantitative estimate of drug-likeness (QED) is 0.812. The first-order valence-corrected chi connectivity index (χ1v) is 8.39. The molecule has 0 unspecified atom stereocenters. The number of rotatable bonds is 7. The molecule has 0 saturated heterocycles. The number of nitrogens with zero attached hydrogens (tertiary/aromatic N) is 1. The molecule has 0 spiro atoms. The summed E-state index contributed by atoms with van der Waals surface area (Å²) >= 11 is 0. The lowest BCUT2D eigenvalue weighted by Gasteiger charge is -2.19. The molecule has 1 aliphatic heterocycles. The second-order valence-corrected chi connectivity index (χ2v) is 5.88. The molecule has 132 valence electrons. The van der Waals surface area contributed by atoms with Crippen LogP contribution in [0, 0.1) is 0 Å². The molecule has 2 N–H and O–H groups in total. The summed E-state index contributed by atoms with van der Waals surface area (Å²) in [5.41, 5.74) is 2.24. The fourth-order valence-electron chi connectivity index (χ4n) is 2.63. The molecule has 0 saturated carbocycles. The Balaban J connectivity index is 1.33. The van der Waals surface area contributed by atoms with Crippen LogP contribution in [0.25, 0.3) is 0 Å². The van der Waals surface area contributed by atoms with E-state index in [1.54, 1.807) is 0 Å². The monoisotopic (exact) mass is 341 g/mol. The van der Waals surface area contributed by atoms with Crippen molar-refractivity contribution in [1.29, 1.82) is 0 Å². The lowest BCUT2D eigenvalue weighted by molar-refractivity contribution is 0.174. The second kappa shape index (κ2) is 8.28. The van der Waals surface area contributed by atoms with Crippen LogP contribution in [0.3, 0.4) is 0 Å². The molecule has 0 aromatic heterocycles. The number of hydrogen-bond acceptors (Lipinski definition) is 4. The van der Waals surface area contributed by atoms with Gasteiger partial charge in [0.05, 0.1) is 0 Å². The number of amides is 2. The molecule has 0 radical (unpaired) electrons. The third-order valence-corrected chi connectivity index (χ3v) is 4.07. The van der Waals surface area contributed by atoms with Crippen molar-refractivity contribution in [2.45, 2.75) is 6.42 Å². The highest BCUT2D eigenvalue weighted by Gasteiger charge is 2.13. The van der Waals surface area contributed by atoms with Crippen molar-refractivity contribution < 1.29 is 14.3 Å². The summed E-state index contributed by atoms with van der Waals surface area (Å²) in [6, 6.07) is 15.8. The molecule has 0 fully saturated rings. The molecular weight excluding hydrogens is 318 g/mol. The van der Waals surface area contributed by atoms with Gasteiger partial charge < -0.3 is 25.0 Å². The highest BCUT2D eigenvalue weighted by molar-refractivity contribution is 5.73. The number of fused-ring (bicyclic) bond motifs is 1. The summed E-state index contributed by atoms with van der Waals surface area (Å²) in [5, 5.41) is 5.75.